The summed E-state index contributed by atoms with van der Waals surface area (Å²) in [6.45, 7) is 4.07. The van der Waals surface area contributed by atoms with Crippen molar-refractivity contribution in [3.8, 4) is 0 Å². The van der Waals surface area contributed by atoms with Crippen LogP contribution in [0.4, 0.5) is 10.8 Å². The molecular weight excluding hydrogens is 408 g/mol. The molecule has 29 heavy (non-hydrogen) atoms. The van der Waals surface area contributed by atoms with E-state index in [4.69, 9.17) is 0 Å². The molecule has 152 valence electrons. The summed E-state index contributed by atoms with van der Waals surface area (Å²) in [5, 5.41) is 3.87. The van der Waals surface area contributed by atoms with Crippen LogP contribution in [0.15, 0.2) is 47.4 Å². The van der Waals surface area contributed by atoms with Gasteiger partial charge in [-0.15, -0.1) is 0 Å². The maximum absolute atomic E-state index is 12.7. The molecule has 1 saturated heterocycles. The number of hydrogen-bond donors (Lipinski definition) is 2. The largest absolute Gasteiger partial charge is 0.348 e. The molecule has 0 saturated carbocycles. The van der Waals surface area contributed by atoms with E-state index < -0.39 is 10.0 Å². The van der Waals surface area contributed by atoms with Gasteiger partial charge in [-0.2, -0.15) is 0 Å². The number of thiazole rings is 1. The van der Waals surface area contributed by atoms with E-state index in [0.717, 1.165) is 28.4 Å². The van der Waals surface area contributed by atoms with Crippen molar-refractivity contribution in [2.24, 2.45) is 0 Å². The Kier molecular flexibility index (Phi) is 5.53. The van der Waals surface area contributed by atoms with Crippen LogP contribution in [0.3, 0.4) is 0 Å². The molecule has 1 aromatic heterocycles. The Morgan fingerprint density at radius 1 is 1.17 bits per heavy atom. The lowest BCUT2D eigenvalue weighted by Crippen LogP contribution is -2.23. The molecule has 1 aliphatic rings. The van der Waals surface area contributed by atoms with Crippen molar-refractivity contribution >= 4 is 48.3 Å². The molecule has 4 rings (SSSR count). The average Bonchev–Trinajstić information content (AvgIpc) is 3.37. The molecule has 1 aliphatic heterocycles. The minimum Gasteiger partial charge on any atom is -0.348 e. The predicted octanol–water partition coefficient (Wildman–Crippen LogP) is 3.45. The minimum atomic E-state index is -3.61. The maximum atomic E-state index is 12.7. The fourth-order valence-electron chi connectivity index (χ4n) is 3.31. The third-order valence-corrected chi connectivity index (χ3v) is 7.37. The minimum absolute atomic E-state index is 0.0696. The first kappa shape index (κ1) is 19.8. The predicted molar refractivity (Wildman–Crippen MR) is 116 cm³/mol. The average molecular weight is 431 g/mol. The van der Waals surface area contributed by atoms with Crippen LogP contribution in [0.1, 0.15) is 30.1 Å². The van der Waals surface area contributed by atoms with Crippen LogP contribution in [0, 0.1) is 0 Å². The number of hydrogen-bond acceptors (Lipinski definition) is 6. The molecule has 2 N–H and O–H groups in total. The molecule has 1 fully saturated rings. The van der Waals surface area contributed by atoms with Crippen LogP contribution in [0.5, 0.6) is 0 Å². The van der Waals surface area contributed by atoms with Crippen LogP contribution in [0.25, 0.3) is 10.2 Å². The van der Waals surface area contributed by atoms with E-state index in [1.165, 1.54) is 25.0 Å². The summed E-state index contributed by atoms with van der Waals surface area (Å²) in [4.78, 5) is 19.7. The van der Waals surface area contributed by atoms with E-state index >= 15 is 0 Å². The molecule has 0 aliphatic carbocycles. The van der Waals surface area contributed by atoms with Gasteiger partial charge >= 0.3 is 0 Å². The highest BCUT2D eigenvalue weighted by Gasteiger charge is 2.18. The highest BCUT2D eigenvalue weighted by molar-refractivity contribution is 7.89. The Morgan fingerprint density at radius 2 is 1.97 bits per heavy atom. The molecule has 0 atom stereocenters. The summed E-state index contributed by atoms with van der Waals surface area (Å²) < 4.78 is 27.8. The third kappa shape index (κ3) is 4.26. The highest BCUT2D eigenvalue weighted by Crippen LogP contribution is 2.32. The monoisotopic (exact) mass is 430 g/mol. The van der Waals surface area contributed by atoms with Gasteiger partial charge in [0, 0.05) is 30.9 Å². The van der Waals surface area contributed by atoms with Crippen LogP contribution in [0.2, 0.25) is 0 Å². The molecular formula is C20H22N4O3S2. The zero-order chi connectivity index (χ0) is 20.4. The molecule has 2 aromatic carbocycles. The SMILES string of the molecule is CCNS(=O)(=O)c1cccc(C(=O)Nc2ccc3nc(N4CCCC4)sc3c2)c1. The molecule has 0 bridgehead atoms. The van der Waals surface area contributed by atoms with E-state index in [9.17, 15) is 13.2 Å². The van der Waals surface area contributed by atoms with Crippen molar-refractivity contribution in [1.82, 2.24) is 9.71 Å². The van der Waals surface area contributed by atoms with Gasteiger partial charge in [0.1, 0.15) is 0 Å². The van der Waals surface area contributed by atoms with E-state index in [0.29, 0.717) is 5.69 Å². The molecule has 0 radical (unpaired) electrons. The summed E-state index contributed by atoms with van der Waals surface area (Å²) in [6.07, 6.45) is 2.39. The molecule has 7 nitrogen and oxygen atoms in total. The van der Waals surface area contributed by atoms with E-state index in [2.05, 4.69) is 19.9 Å². The normalized spacial score (nSPS) is 14.4. The Bertz CT molecular complexity index is 1150. The van der Waals surface area contributed by atoms with Crippen molar-refractivity contribution in [1.29, 1.82) is 0 Å². The van der Waals surface area contributed by atoms with Gasteiger partial charge in [-0.3, -0.25) is 4.79 Å². The second-order valence-electron chi connectivity index (χ2n) is 6.86. The number of carbonyl (C=O) groups is 1. The lowest BCUT2D eigenvalue weighted by atomic mass is 10.2. The Balaban J connectivity index is 1.54. The first-order chi connectivity index (χ1) is 14.0. The second-order valence-corrected chi connectivity index (χ2v) is 9.63. The number of carbonyl (C=O) groups excluding carboxylic acids is 1. The number of rotatable bonds is 6. The Labute approximate surface area is 173 Å². The Hall–Kier alpha value is -2.49. The quantitative estimate of drug-likeness (QED) is 0.625. The van der Waals surface area contributed by atoms with Crippen LogP contribution in [-0.2, 0) is 10.0 Å². The van der Waals surface area contributed by atoms with Gasteiger partial charge < -0.3 is 10.2 Å². The lowest BCUT2D eigenvalue weighted by molar-refractivity contribution is 0.102. The fraction of sp³-hybridized carbons (Fsp3) is 0.300. The van der Waals surface area contributed by atoms with Gasteiger partial charge in [0.25, 0.3) is 5.91 Å². The van der Waals surface area contributed by atoms with Crippen molar-refractivity contribution in [2.45, 2.75) is 24.7 Å². The van der Waals surface area contributed by atoms with Crippen LogP contribution >= 0.6 is 11.3 Å². The van der Waals surface area contributed by atoms with E-state index in [-0.39, 0.29) is 22.9 Å². The number of amides is 1. The van der Waals surface area contributed by atoms with Gasteiger partial charge in [0.2, 0.25) is 10.0 Å². The van der Waals surface area contributed by atoms with Crippen molar-refractivity contribution < 1.29 is 13.2 Å². The van der Waals surface area contributed by atoms with Gasteiger partial charge in [0.05, 0.1) is 15.1 Å². The number of aromatic nitrogens is 1. The van der Waals surface area contributed by atoms with Crippen molar-refractivity contribution in [2.75, 3.05) is 29.9 Å². The first-order valence-electron chi connectivity index (χ1n) is 9.53. The molecule has 2 heterocycles. The second kappa shape index (κ2) is 8.10. The Morgan fingerprint density at radius 3 is 2.72 bits per heavy atom. The van der Waals surface area contributed by atoms with Gasteiger partial charge in [-0.05, 0) is 49.2 Å². The third-order valence-electron chi connectivity index (χ3n) is 4.75. The van der Waals surface area contributed by atoms with Crippen molar-refractivity contribution in [3.05, 3.63) is 48.0 Å². The summed E-state index contributed by atoms with van der Waals surface area (Å²) in [5.74, 6) is -0.359. The van der Waals surface area contributed by atoms with E-state index in [1.54, 1.807) is 30.4 Å². The van der Waals surface area contributed by atoms with Crippen molar-refractivity contribution in [3.63, 3.8) is 0 Å². The standard InChI is InChI=1S/C20H22N4O3S2/c1-2-21-29(26,27)16-7-5-6-14(12-16)19(25)22-15-8-9-17-18(13-15)28-20(23-17)24-10-3-4-11-24/h5-9,12-13,21H,2-4,10-11H2,1H3,(H,22,25). The fourth-order valence-corrected chi connectivity index (χ4v) is 5.46. The summed E-state index contributed by atoms with van der Waals surface area (Å²) in [5.41, 5.74) is 1.85. The number of benzene rings is 2. The number of nitrogens with one attached hydrogen (secondary N) is 2. The van der Waals surface area contributed by atoms with Crippen LogP contribution in [-0.4, -0.2) is 38.9 Å². The molecule has 3 aromatic rings. The number of fused-ring (bicyclic) bond motifs is 1. The number of sulfonamides is 1. The van der Waals surface area contributed by atoms with Gasteiger partial charge in [-0.25, -0.2) is 18.1 Å². The molecule has 0 spiro atoms. The van der Waals surface area contributed by atoms with Gasteiger partial charge in [-0.1, -0.05) is 24.3 Å². The molecule has 9 heteroatoms. The molecule has 1 amide bonds. The highest BCUT2D eigenvalue weighted by atomic mass is 32.2. The number of anilines is 2. The summed E-state index contributed by atoms with van der Waals surface area (Å²) >= 11 is 1.62. The maximum Gasteiger partial charge on any atom is 0.255 e. The zero-order valence-corrected chi connectivity index (χ0v) is 17.6. The van der Waals surface area contributed by atoms with Crippen LogP contribution < -0.4 is 14.9 Å². The summed E-state index contributed by atoms with van der Waals surface area (Å²) in [7, 11) is -3.61. The topological polar surface area (TPSA) is 91.4 Å². The van der Waals surface area contributed by atoms with E-state index in [1.807, 2.05) is 18.2 Å². The lowest BCUT2D eigenvalue weighted by Gasteiger charge is -2.11. The zero-order valence-electron chi connectivity index (χ0n) is 16.0. The smallest absolute Gasteiger partial charge is 0.255 e. The summed E-state index contributed by atoms with van der Waals surface area (Å²) in [6, 6.07) is 11.6. The number of nitrogens with zero attached hydrogens (tertiary/aromatic N) is 2. The first-order valence-corrected chi connectivity index (χ1v) is 11.8. The van der Waals surface area contributed by atoms with Gasteiger partial charge in [0.15, 0.2) is 5.13 Å². The molecule has 0 unspecified atom stereocenters.